The predicted octanol–water partition coefficient (Wildman–Crippen LogP) is 0.941. The monoisotopic (exact) mass is 205 g/mol. The first-order valence-electron chi connectivity index (χ1n) is 4.59. The summed E-state index contributed by atoms with van der Waals surface area (Å²) < 4.78 is 0. The van der Waals surface area contributed by atoms with E-state index in [4.69, 9.17) is 5.84 Å². The van der Waals surface area contributed by atoms with Crippen LogP contribution in [0.25, 0.3) is 0 Å². The van der Waals surface area contributed by atoms with Crippen molar-refractivity contribution < 1.29 is 0 Å². The van der Waals surface area contributed by atoms with Gasteiger partial charge in [0.15, 0.2) is 11.6 Å². The molecule has 1 aromatic heterocycles. The number of aromatic nitrogens is 2. The molecule has 0 amide bonds. The number of nitrogens with one attached hydrogen (secondary N) is 1. The van der Waals surface area contributed by atoms with Crippen molar-refractivity contribution in [3.63, 3.8) is 0 Å². The summed E-state index contributed by atoms with van der Waals surface area (Å²) in [7, 11) is 0. The van der Waals surface area contributed by atoms with Crippen molar-refractivity contribution in [2.75, 3.05) is 23.4 Å². The maximum absolute atomic E-state index is 5.19. The molecule has 1 aromatic rings. The summed E-state index contributed by atoms with van der Waals surface area (Å²) in [6.45, 7) is 8.78. The van der Waals surface area contributed by atoms with Crippen LogP contribution in [0, 0.1) is 0 Å². The van der Waals surface area contributed by atoms with Gasteiger partial charge in [-0.25, -0.2) is 5.84 Å². The van der Waals surface area contributed by atoms with Crippen molar-refractivity contribution >= 4 is 11.6 Å². The molecule has 5 heteroatoms. The van der Waals surface area contributed by atoms with Gasteiger partial charge in [-0.15, -0.1) is 23.4 Å². The number of nitrogens with two attached hydrogens (primary N) is 1. The smallest absolute Gasteiger partial charge is 0.162 e. The fourth-order valence-corrected chi connectivity index (χ4v) is 1.14. The molecule has 1 rings (SSSR count). The Morgan fingerprint density at radius 1 is 1.27 bits per heavy atom. The van der Waals surface area contributed by atoms with E-state index in [1.807, 2.05) is 11.0 Å². The van der Waals surface area contributed by atoms with Crippen LogP contribution in [0.5, 0.6) is 0 Å². The summed E-state index contributed by atoms with van der Waals surface area (Å²) >= 11 is 0. The molecule has 0 aliphatic carbocycles. The minimum Gasteiger partial charge on any atom is -0.348 e. The highest BCUT2D eigenvalue weighted by molar-refractivity contribution is 5.43. The molecule has 3 N–H and O–H groups in total. The van der Waals surface area contributed by atoms with Crippen LogP contribution < -0.4 is 16.2 Å². The Balaban J connectivity index is 2.80. The van der Waals surface area contributed by atoms with Gasteiger partial charge in [-0.2, -0.15) is 0 Å². The minimum absolute atomic E-state index is 0.538. The van der Waals surface area contributed by atoms with E-state index in [1.165, 1.54) is 0 Å². The van der Waals surface area contributed by atoms with Gasteiger partial charge in [-0.05, 0) is 12.1 Å². The maximum atomic E-state index is 5.19. The first kappa shape index (κ1) is 11.2. The molecule has 0 atom stereocenters. The second-order valence-corrected chi connectivity index (χ2v) is 2.90. The van der Waals surface area contributed by atoms with Crippen molar-refractivity contribution in [3.8, 4) is 0 Å². The lowest BCUT2D eigenvalue weighted by Gasteiger charge is -2.19. The molecule has 1 heterocycles. The van der Waals surface area contributed by atoms with Gasteiger partial charge in [-0.3, -0.25) is 0 Å². The maximum Gasteiger partial charge on any atom is 0.162 e. The number of rotatable bonds is 6. The average Bonchev–Trinajstić information content (AvgIpc) is 2.29. The van der Waals surface area contributed by atoms with Crippen molar-refractivity contribution in [2.45, 2.75) is 0 Å². The predicted molar refractivity (Wildman–Crippen MR) is 62.4 cm³/mol. The first-order valence-corrected chi connectivity index (χ1v) is 4.59. The van der Waals surface area contributed by atoms with Crippen LogP contribution in [-0.2, 0) is 0 Å². The number of nitrogen functional groups attached to an aromatic ring is 1. The second-order valence-electron chi connectivity index (χ2n) is 2.90. The highest BCUT2D eigenvalue weighted by Crippen LogP contribution is 2.10. The number of hydrazine groups is 1. The van der Waals surface area contributed by atoms with Crippen molar-refractivity contribution in [1.82, 2.24) is 10.2 Å². The molecule has 0 spiro atoms. The lowest BCUT2D eigenvalue weighted by molar-refractivity contribution is 0.886. The standard InChI is InChI=1S/C10H15N5/c1-3-7-15(8-4-2)10-6-5-9(12-11)13-14-10/h3-6H,1-2,7-8,11H2,(H,12,13). The summed E-state index contributed by atoms with van der Waals surface area (Å²) in [6, 6.07) is 3.61. The zero-order chi connectivity index (χ0) is 11.1. The highest BCUT2D eigenvalue weighted by atomic mass is 15.3. The van der Waals surface area contributed by atoms with Gasteiger partial charge in [0.25, 0.3) is 0 Å². The van der Waals surface area contributed by atoms with E-state index in [2.05, 4.69) is 28.8 Å². The van der Waals surface area contributed by atoms with Crippen LogP contribution in [0.3, 0.4) is 0 Å². The Bertz CT molecular complexity index is 309. The van der Waals surface area contributed by atoms with Gasteiger partial charge < -0.3 is 10.3 Å². The molecule has 80 valence electrons. The number of nitrogens with zero attached hydrogens (tertiary/aromatic N) is 3. The summed E-state index contributed by atoms with van der Waals surface area (Å²) in [4.78, 5) is 1.99. The molecule has 15 heavy (non-hydrogen) atoms. The fourth-order valence-electron chi connectivity index (χ4n) is 1.14. The molecular formula is C10H15N5. The van der Waals surface area contributed by atoms with E-state index in [9.17, 15) is 0 Å². The molecule has 5 nitrogen and oxygen atoms in total. The van der Waals surface area contributed by atoms with E-state index in [0.717, 1.165) is 5.82 Å². The summed E-state index contributed by atoms with van der Waals surface area (Å²) in [6.07, 6.45) is 3.61. The fraction of sp³-hybridized carbons (Fsp3) is 0.200. The molecule has 0 saturated heterocycles. The molecular weight excluding hydrogens is 190 g/mol. The van der Waals surface area contributed by atoms with Gasteiger partial charge in [0, 0.05) is 13.1 Å². The van der Waals surface area contributed by atoms with Crippen LogP contribution >= 0.6 is 0 Å². The van der Waals surface area contributed by atoms with Gasteiger partial charge in [0.2, 0.25) is 0 Å². The number of anilines is 2. The van der Waals surface area contributed by atoms with Crippen LogP contribution in [0.15, 0.2) is 37.4 Å². The van der Waals surface area contributed by atoms with Crippen molar-refractivity contribution in [3.05, 3.63) is 37.4 Å². The van der Waals surface area contributed by atoms with E-state index in [0.29, 0.717) is 18.9 Å². The molecule has 0 aliphatic heterocycles. The van der Waals surface area contributed by atoms with Crippen LogP contribution in [0.4, 0.5) is 11.6 Å². The molecule has 0 fully saturated rings. The quantitative estimate of drug-likeness (QED) is 0.411. The SMILES string of the molecule is C=CCN(CC=C)c1ccc(NN)nn1. The third-order valence-electron chi connectivity index (χ3n) is 1.82. The lowest BCUT2D eigenvalue weighted by atomic mass is 10.4. The summed E-state index contributed by atoms with van der Waals surface area (Å²) in [5.41, 5.74) is 2.42. The number of hydrogen-bond donors (Lipinski definition) is 2. The Morgan fingerprint density at radius 3 is 2.33 bits per heavy atom. The van der Waals surface area contributed by atoms with Crippen LogP contribution in [0.2, 0.25) is 0 Å². The molecule has 0 unspecified atom stereocenters. The summed E-state index contributed by atoms with van der Waals surface area (Å²) in [5, 5.41) is 7.91. The van der Waals surface area contributed by atoms with E-state index >= 15 is 0 Å². The Kier molecular flexibility index (Phi) is 4.30. The minimum atomic E-state index is 0.538. The van der Waals surface area contributed by atoms with Gasteiger partial charge in [-0.1, -0.05) is 12.2 Å². The van der Waals surface area contributed by atoms with E-state index < -0.39 is 0 Å². The Morgan fingerprint density at radius 2 is 1.93 bits per heavy atom. The number of hydrogen-bond acceptors (Lipinski definition) is 5. The molecule has 0 aromatic carbocycles. The van der Waals surface area contributed by atoms with E-state index in [-0.39, 0.29) is 0 Å². The van der Waals surface area contributed by atoms with Gasteiger partial charge in [0.05, 0.1) is 0 Å². The Labute approximate surface area is 89.3 Å². The first-order chi connectivity index (χ1) is 7.31. The largest absolute Gasteiger partial charge is 0.348 e. The second kappa shape index (κ2) is 5.77. The zero-order valence-corrected chi connectivity index (χ0v) is 8.56. The van der Waals surface area contributed by atoms with Gasteiger partial charge in [0.1, 0.15) is 0 Å². The average molecular weight is 205 g/mol. The molecule has 0 bridgehead atoms. The Hall–Kier alpha value is -1.88. The van der Waals surface area contributed by atoms with Gasteiger partial charge >= 0.3 is 0 Å². The van der Waals surface area contributed by atoms with E-state index in [1.54, 1.807) is 18.2 Å². The molecule has 0 saturated carbocycles. The van der Waals surface area contributed by atoms with Crippen molar-refractivity contribution in [2.24, 2.45) is 5.84 Å². The third kappa shape index (κ3) is 3.07. The highest BCUT2D eigenvalue weighted by Gasteiger charge is 2.04. The van der Waals surface area contributed by atoms with Crippen molar-refractivity contribution in [1.29, 1.82) is 0 Å². The topological polar surface area (TPSA) is 67.1 Å². The van der Waals surface area contributed by atoms with Crippen LogP contribution in [-0.4, -0.2) is 23.3 Å². The zero-order valence-electron chi connectivity index (χ0n) is 8.56. The molecule has 0 radical (unpaired) electrons. The van der Waals surface area contributed by atoms with Crippen LogP contribution in [0.1, 0.15) is 0 Å². The lowest BCUT2D eigenvalue weighted by Crippen LogP contribution is -2.24. The summed E-state index contributed by atoms with van der Waals surface area (Å²) in [5.74, 6) is 6.50. The third-order valence-corrected chi connectivity index (χ3v) is 1.82. The normalized spacial score (nSPS) is 9.40. The molecule has 0 aliphatic rings.